The first-order chi connectivity index (χ1) is 6.65. The molecule has 1 aliphatic rings. The van der Waals surface area contributed by atoms with E-state index in [0.29, 0.717) is 0 Å². The molecule has 0 aromatic carbocycles. The van der Waals surface area contributed by atoms with Gasteiger partial charge in [-0.1, -0.05) is 62.4 Å². The molecule has 1 aliphatic carbocycles. The normalized spacial score (nSPS) is 30.6. The van der Waals surface area contributed by atoms with Gasteiger partial charge in [-0.3, -0.25) is 0 Å². The van der Waals surface area contributed by atoms with E-state index in [2.05, 4.69) is 36.7 Å². The molecule has 14 heavy (non-hydrogen) atoms. The van der Waals surface area contributed by atoms with Crippen molar-refractivity contribution in [3.05, 3.63) is 0 Å². The van der Waals surface area contributed by atoms with E-state index in [4.69, 9.17) is 0 Å². The van der Waals surface area contributed by atoms with Crippen LogP contribution in [0.3, 0.4) is 0 Å². The van der Waals surface area contributed by atoms with Crippen LogP contribution in [0, 0.1) is 17.8 Å². The molecule has 1 fully saturated rings. The van der Waals surface area contributed by atoms with E-state index in [9.17, 15) is 0 Å². The first-order valence-electron chi connectivity index (χ1n) is 6.29. The fraction of sp³-hybridized carbons (Fsp3) is 1.00. The van der Waals surface area contributed by atoms with E-state index < -0.39 is 0 Å². The average molecular weight is 261 g/mol. The topological polar surface area (TPSA) is 0 Å². The number of hydrogen-bond acceptors (Lipinski definition) is 0. The number of hydrogen-bond donors (Lipinski definition) is 0. The molecule has 1 unspecified atom stereocenters. The van der Waals surface area contributed by atoms with Crippen molar-refractivity contribution in [2.24, 2.45) is 17.8 Å². The fourth-order valence-corrected chi connectivity index (χ4v) is 3.28. The molecule has 0 heterocycles. The van der Waals surface area contributed by atoms with Crippen molar-refractivity contribution in [3.63, 3.8) is 0 Å². The zero-order valence-corrected chi connectivity index (χ0v) is 11.5. The van der Waals surface area contributed by atoms with Crippen molar-refractivity contribution < 1.29 is 0 Å². The molecule has 1 rings (SSSR count). The molecule has 0 aromatic rings. The van der Waals surface area contributed by atoms with Gasteiger partial charge in [-0.05, 0) is 30.6 Å². The van der Waals surface area contributed by atoms with Crippen LogP contribution in [0.15, 0.2) is 0 Å². The summed E-state index contributed by atoms with van der Waals surface area (Å²) >= 11 is 3.86. The standard InChI is InChI=1S/C13H25Br/c1-4-5-11-6-8-12(9-7-11)13(14)10(2)3/h10-13H,4-9H2,1-3H3. The predicted octanol–water partition coefficient (Wildman–Crippen LogP) is 5.01. The van der Waals surface area contributed by atoms with E-state index >= 15 is 0 Å². The Morgan fingerprint density at radius 3 is 2.14 bits per heavy atom. The van der Waals surface area contributed by atoms with Crippen LogP contribution >= 0.6 is 15.9 Å². The Balaban J connectivity index is 2.28. The van der Waals surface area contributed by atoms with E-state index in [1.807, 2.05) is 0 Å². The molecule has 0 aromatic heterocycles. The van der Waals surface area contributed by atoms with Gasteiger partial charge in [0.1, 0.15) is 0 Å². The van der Waals surface area contributed by atoms with Crippen molar-refractivity contribution in [2.75, 3.05) is 0 Å². The minimum Gasteiger partial charge on any atom is -0.0885 e. The second kappa shape index (κ2) is 6.15. The largest absolute Gasteiger partial charge is 0.0885 e. The summed E-state index contributed by atoms with van der Waals surface area (Å²) in [7, 11) is 0. The van der Waals surface area contributed by atoms with Crippen LogP contribution in [0.5, 0.6) is 0 Å². The number of alkyl halides is 1. The average Bonchev–Trinajstić information content (AvgIpc) is 2.18. The summed E-state index contributed by atoms with van der Waals surface area (Å²) in [6, 6.07) is 0. The van der Waals surface area contributed by atoms with Gasteiger partial charge in [0, 0.05) is 4.83 Å². The maximum absolute atomic E-state index is 3.86. The molecular weight excluding hydrogens is 236 g/mol. The van der Waals surface area contributed by atoms with Crippen LogP contribution in [0.4, 0.5) is 0 Å². The second-order valence-electron chi connectivity index (χ2n) is 5.26. The third kappa shape index (κ3) is 3.56. The summed E-state index contributed by atoms with van der Waals surface area (Å²) in [5.74, 6) is 2.79. The molecule has 0 radical (unpaired) electrons. The van der Waals surface area contributed by atoms with Crippen LogP contribution in [0.2, 0.25) is 0 Å². The summed E-state index contributed by atoms with van der Waals surface area (Å²) in [5.41, 5.74) is 0. The maximum atomic E-state index is 3.86. The highest BCUT2D eigenvalue weighted by Gasteiger charge is 2.27. The highest BCUT2D eigenvalue weighted by molar-refractivity contribution is 9.09. The molecular formula is C13H25Br. The Morgan fingerprint density at radius 2 is 1.71 bits per heavy atom. The van der Waals surface area contributed by atoms with Crippen LogP contribution in [-0.4, -0.2) is 4.83 Å². The molecule has 0 nitrogen and oxygen atoms in total. The number of halogens is 1. The lowest BCUT2D eigenvalue weighted by Crippen LogP contribution is -2.25. The maximum Gasteiger partial charge on any atom is 0.0197 e. The SMILES string of the molecule is CCCC1CCC(C(Br)C(C)C)CC1. The lowest BCUT2D eigenvalue weighted by molar-refractivity contribution is 0.244. The minimum atomic E-state index is 0.755. The molecule has 0 spiro atoms. The smallest absolute Gasteiger partial charge is 0.0197 e. The van der Waals surface area contributed by atoms with Gasteiger partial charge in [-0.2, -0.15) is 0 Å². The van der Waals surface area contributed by atoms with Gasteiger partial charge in [-0.25, -0.2) is 0 Å². The molecule has 0 amide bonds. The van der Waals surface area contributed by atoms with Crippen LogP contribution in [0.25, 0.3) is 0 Å². The minimum absolute atomic E-state index is 0.755. The van der Waals surface area contributed by atoms with Crippen molar-refractivity contribution >= 4 is 15.9 Å². The second-order valence-corrected chi connectivity index (χ2v) is 6.32. The van der Waals surface area contributed by atoms with E-state index in [0.717, 1.165) is 22.6 Å². The molecule has 0 aliphatic heterocycles. The number of rotatable bonds is 4. The molecule has 84 valence electrons. The summed E-state index contributed by atoms with van der Waals surface area (Å²) in [6.07, 6.45) is 8.71. The van der Waals surface area contributed by atoms with Crippen LogP contribution in [-0.2, 0) is 0 Å². The molecule has 1 heteroatoms. The summed E-state index contributed by atoms with van der Waals surface area (Å²) in [5, 5.41) is 0. The summed E-state index contributed by atoms with van der Waals surface area (Å²) in [4.78, 5) is 0.755. The van der Waals surface area contributed by atoms with E-state index in [1.54, 1.807) is 0 Å². The summed E-state index contributed by atoms with van der Waals surface area (Å²) in [6.45, 7) is 6.97. The highest BCUT2D eigenvalue weighted by Crippen LogP contribution is 2.37. The Labute approximate surface area is 98.0 Å². The predicted molar refractivity (Wildman–Crippen MR) is 67.9 cm³/mol. The van der Waals surface area contributed by atoms with Gasteiger partial charge in [0.2, 0.25) is 0 Å². The first kappa shape index (κ1) is 12.5. The van der Waals surface area contributed by atoms with Crippen molar-refractivity contribution in [1.29, 1.82) is 0 Å². The molecule has 0 bridgehead atoms. The van der Waals surface area contributed by atoms with E-state index in [1.165, 1.54) is 38.5 Å². The summed E-state index contributed by atoms with van der Waals surface area (Å²) < 4.78 is 0. The van der Waals surface area contributed by atoms with Gasteiger partial charge in [0.25, 0.3) is 0 Å². The fourth-order valence-electron chi connectivity index (χ4n) is 2.75. The van der Waals surface area contributed by atoms with Crippen LogP contribution in [0.1, 0.15) is 59.3 Å². The third-order valence-electron chi connectivity index (χ3n) is 3.68. The van der Waals surface area contributed by atoms with Crippen LogP contribution < -0.4 is 0 Å². The van der Waals surface area contributed by atoms with Crippen molar-refractivity contribution in [3.8, 4) is 0 Å². The first-order valence-corrected chi connectivity index (χ1v) is 7.20. The van der Waals surface area contributed by atoms with Gasteiger partial charge >= 0.3 is 0 Å². The monoisotopic (exact) mass is 260 g/mol. The van der Waals surface area contributed by atoms with Crippen molar-refractivity contribution in [2.45, 2.75) is 64.1 Å². The molecule has 0 N–H and O–H groups in total. The highest BCUT2D eigenvalue weighted by atomic mass is 79.9. The molecule has 0 saturated heterocycles. The Bertz CT molecular complexity index is 145. The lowest BCUT2D eigenvalue weighted by atomic mass is 9.77. The molecule has 1 saturated carbocycles. The zero-order chi connectivity index (χ0) is 10.6. The van der Waals surface area contributed by atoms with E-state index in [-0.39, 0.29) is 0 Å². The lowest BCUT2D eigenvalue weighted by Gasteiger charge is -2.33. The van der Waals surface area contributed by atoms with Gasteiger partial charge < -0.3 is 0 Å². The Kier molecular flexibility index (Phi) is 5.51. The Hall–Kier alpha value is 0.480. The van der Waals surface area contributed by atoms with Gasteiger partial charge in [-0.15, -0.1) is 0 Å². The zero-order valence-electron chi connectivity index (χ0n) is 9.93. The van der Waals surface area contributed by atoms with Gasteiger partial charge in [0.15, 0.2) is 0 Å². The van der Waals surface area contributed by atoms with Crippen molar-refractivity contribution in [1.82, 2.24) is 0 Å². The third-order valence-corrected chi connectivity index (χ3v) is 5.48. The quantitative estimate of drug-likeness (QED) is 0.624. The van der Waals surface area contributed by atoms with Gasteiger partial charge in [0.05, 0.1) is 0 Å². The molecule has 1 atom stereocenters. The Morgan fingerprint density at radius 1 is 1.14 bits per heavy atom.